The van der Waals surface area contributed by atoms with Crippen molar-refractivity contribution >= 4 is 0 Å². The second-order valence-electron chi connectivity index (χ2n) is 5.21. The predicted molar refractivity (Wildman–Crippen MR) is 65.9 cm³/mol. The molecule has 0 amide bonds. The smallest absolute Gasteiger partial charge is 0.196 e. The quantitative estimate of drug-likeness (QED) is 0.818. The van der Waals surface area contributed by atoms with Crippen LogP contribution in [0.15, 0.2) is 23.1 Å². The van der Waals surface area contributed by atoms with Crippen molar-refractivity contribution in [2.75, 3.05) is 0 Å². The standard InChI is InChI=1S/C13H19N3O/c1-9(2)11-15-10(8-17-11)13(3,4)12-14-6-7-16(12)5/h6-9H,1-5H3. The first-order chi connectivity index (χ1) is 7.93. The van der Waals surface area contributed by atoms with Gasteiger partial charge in [0, 0.05) is 25.4 Å². The molecule has 2 heterocycles. The monoisotopic (exact) mass is 233 g/mol. The van der Waals surface area contributed by atoms with Crippen LogP contribution in [-0.4, -0.2) is 14.5 Å². The fraction of sp³-hybridized carbons (Fsp3) is 0.538. The molecule has 0 fully saturated rings. The van der Waals surface area contributed by atoms with E-state index in [0.29, 0.717) is 5.92 Å². The average molecular weight is 233 g/mol. The van der Waals surface area contributed by atoms with Gasteiger partial charge in [0.1, 0.15) is 12.1 Å². The first-order valence-corrected chi connectivity index (χ1v) is 5.86. The van der Waals surface area contributed by atoms with E-state index in [1.165, 1.54) is 0 Å². The zero-order chi connectivity index (χ0) is 12.6. The van der Waals surface area contributed by atoms with E-state index in [0.717, 1.165) is 17.4 Å². The van der Waals surface area contributed by atoms with Gasteiger partial charge >= 0.3 is 0 Å². The fourth-order valence-electron chi connectivity index (χ4n) is 1.92. The molecule has 0 aliphatic heterocycles. The van der Waals surface area contributed by atoms with Gasteiger partial charge in [0.2, 0.25) is 0 Å². The van der Waals surface area contributed by atoms with Crippen LogP contribution in [0.4, 0.5) is 0 Å². The van der Waals surface area contributed by atoms with Crippen LogP contribution in [0, 0.1) is 0 Å². The highest BCUT2D eigenvalue weighted by atomic mass is 16.3. The minimum atomic E-state index is -0.241. The van der Waals surface area contributed by atoms with Gasteiger partial charge in [0.05, 0.1) is 11.1 Å². The number of hydrogen-bond acceptors (Lipinski definition) is 3. The lowest BCUT2D eigenvalue weighted by Crippen LogP contribution is -2.24. The maximum Gasteiger partial charge on any atom is 0.196 e. The molecule has 92 valence electrons. The summed E-state index contributed by atoms with van der Waals surface area (Å²) in [7, 11) is 1.99. The van der Waals surface area contributed by atoms with Crippen molar-refractivity contribution in [1.29, 1.82) is 0 Å². The molecule has 2 aromatic rings. The van der Waals surface area contributed by atoms with E-state index in [2.05, 4.69) is 37.7 Å². The van der Waals surface area contributed by atoms with Crippen molar-refractivity contribution in [1.82, 2.24) is 14.5 Å². The second kappa shape index (κ2) is 4.02. The third-order valence-corrected chi connectivity index (χ3v) is 3.04. The maximum absolute atomic E-state index is 5.50. The lowest BCUT2D eigenvalue weighted by atomic mass is 9.89. The number of nitrogens with zero attached hydrogens (tertiary/aromatic N) is 3. The highest BCUT2D eigenvalue weighted by Crippen LogP contribution is 2.30. The molecule has 0 aliphatic carbocycles. The molecule has 0 saturated heterocycles. The Bertz CT molecular complexity index is 508. The molecule has 0 N–H and O–H groups in total. The summed E-state index contributed by atoms with van der Waals surface area (Å²) < 4.78 is 7.52. The number of aromatic nitrogens is 3. The summed E-state index contributed by atoms with van der Waals surface area (Å²) >= 11 is 0. The summed E-state index contributed by atoms with van der Waals surface area (Å²) in [6.07, 6.45) is 5.49. The van der Waals surface area contributed by atoms with E-state index in [9.17, 15) is 0 Å². The second-order valence-corrected chi connectivity index (χ2v) is 5.21. The van der Waals surface area contributed by atoms with Crippen molar-refractivity contribution in [2.45, 2.75) is 39.0 Å². The van der Waals surface area contributed by atoms with Crippen LogP contribution in [0.1, 0.15) is 51.0 Å². The van der Waals surface area contributed by atoms with Gasteiger partial charge < -0.3 is 8.98 Å². The first kappa shape index (κ1) is 11.9. The third-order valence-electron chi connectivity index (χ3n) is 3.04. The molecule has 4 nitrogen and oxygen atoms in total. The van der Waals surface area contributed by atoms with Crippen molar-refractivity contribution in [3.05, 3.63) is 36.1 Å². The molecule has 0 bridgehead atoms. The Balaban J connectivity index is 2.41. The van der Waals surface area contributed by atoms with Crippen LogP contribution in [0.25, 0.3) is 0 Å². The topological polar surface area (TPSA) is 43.9 Å². The van der Waals surface area contributed by atoms with Crippen LogP contribution in [0.2, 0.25) is 0 Å². The Morgan fingerprint density at radius 2 is 2.06 bits per heavy atom. The molecule has 0 saturated carbocycles. The van der Waals surface area contributed by atoms with E-state index in [4.69, 9.17) is 4.42 Å². The predicted octanol–water partition coefficient (Wildman–Crippen LogP) is 2.86. The highest BCUT2D eigenvalue weighted by molar-refractivity contribution is 5.23. The van der Waals surface area contributed by atoms with Gasteiger partial charge in [0.15, 0.2) is 5.89 Å². The van der Waals surface area contributed by atoms with E-state index >= 15 is 0 Å². The van der Waals surface area contributed by atoms with Gasteiger partial charge in [-0.1, -0.05) is 13.8 Å². The summed E-state index contributed by atoms with van der Waals surface area (Å²) in [4.78, 5) is 8.96. The van der Waals surface area contributed by atoms with Crippen molar-refractivity contribution in [3.63, 3.8) is 0 Å². The minimum absolute atomic E-state index is 0.241. The molecule has 0 spiro atoms. The maximum atomic E-state index is 5.50. The van der Waals surface area contributed by atoms with Crippen LogP contribution < -0.4 is 0 Å². The van der Waals surface area contributed by atoms with E-state index < -0.39 is 0 Å². The van der Waals surface area contributed by atoms with Crippen LogP contribution in [0.3, 0.4) is 0 Å². The van der Waals surface area contributed by atoms with Crippen LogP contribution >= 0.6 is 0 Å². The third kappa shape index (κ3) is 1.99. The van der Waals surface area contributed by atoms with Crippen molar-refractivity contribution in [3.8, 4) is 0 Å². The number of oxazole rings is 1. The Hall–Kier alpha value is -1.58. The van der Waals surface area contributed by atoms with Gasteiger partial charge in [-0.05, 0) is 13.8 Å². The van der Waals surface area contributed by atoms with Gasteiger partial charge in [-0.15, -0.1) is 0 Å². The molecule has 0 radical (unpaired) electrons. The summed E-state index contributed by atoms with van der Waals surface area (Å²) in [5.74, 6) is 2.07. The Kier molecular flexibility index (Phi) is 2.81. The minimum Gasteiger partial charge on any atom is -0.448 e. The van der Waals surface area contributed by atoms with Gasteiger partial charge in [-0.3, -0.25) is 0 Å². The summed E-state index contributed by atoms with van der Waals surface area (Å²) in [5, 5.41) is 0. The zero-order valence-electron chi connectivity index (χ0n) is 11.1. The fourth-order valence-corrected chi connectivity index (χ4v) is 1.92. The molecule has 0 aliphatic rings. The normalized spacial score (nSPS) is 12.4. The SMILES string of the molecule is CC(C)c1nc(C(C)(C)c2nccn2C)co1. The van der Waals surface area contributed by atoms with E-state index in [1.807, 2.05) is 17.8 Å². The van der Waals surface area contributed by atoms with Gasteiger partial charge in [-0.2, -0.15) is 0 Å². The molecule has 17 heavy (non-hydrogen) atoms. The van der Waals surface area contributed by atoms with E-state index in [1.54, 1.807) is 12.5 Å². The van der Waals surface area contributed by atoms with Gasteiger partial charge in [-0.25, -0.2) is 9.97 Å². The van der Waals surface area contributed by atoms with E-state index in [-0.39, 0.29) is 5.41 Å². The lowest BCUT2D eigenvalue weighted by Gasteiger charge is -2.21. The molecule has 2 rings (SSSR count). The highest BCUT2D eigenvalue weighted by Gasteiger charge is 2.30. The van der Waals surface area contributed by atoms with Crippen molar-refractivity contribution < 1.29 is 4.42 Å². The Morgan fingerprint density at radius 1 is 1.35 bits per heavy atom. The number of aryl methyl sites for hydroxylation is 1. The summed E-state index contributed by atoms with van der Waals surface area (Å²) in [6, 6.07) is 0. The Morgan fingerprint density at radius 3 is 2.53 bits per heavy atom. The molecule has 0 aromatic carbocycles. The number of imidazole rings is 1. The van der Waals surface area contributed by atoms with Crippen molar-refractivity contribution in [2.24, 2.45) is 7.05 Å². The first-order valence-electron chi connectivity index (χ1n) is 5.86. The van der Waals surface area contributed by atoms with Gasteiger partial charge in [0.25, 0.3) is 0 Å². The number of rotatable bonds is 3. The van der Waals surface area contributed by atoms with Crippen LogP contribution in [0.5, 0.6) is 0 Å². The molecular weight excluding hydrogens is 214 g/mol. The Labute approximate surface area is 102 Å². The molecule has 4 heteroatoms. The lowest BCUT2D eigenvalue weighted by molar-refractivity contribution is 0.469. The number of hydrogen-bond donors (Lipinski definition) is 0. The summed E-state index contributed by atoms with van der Waals surface area (Å²) in [6.45, 7) is 8.36. The van der Waals surface area contributed by atoms with Crippen LogP contribution in [-0.2, 0) is 12.5 Å². The summed E-state index contributed by atoms with van der Waals surface area (Å²) in [5.41, 5.74) is 0.685. The molecular formula is C13H19N3O. The molecule has 0 atom stereocenters. The average Bonchev–Trinajstić information content (AvgIpc) is 2.84. The zero-order valence-corrected chi connectivity index (χ0v) is 11.1. The molecule has 2 aromatic heterocycles. The largest absolute Gasteiger partial charge is 0.448 e. The molecule has 0 unspecified atom stereocenters.